The summed E-state index contributed by atoms with van der Waals surface area (Å²) < 4.78 is 18.1. The van der Waals surface area contributed by atoms with E-state index in [1.54, 1.807) is 73.8 Å². The van der Waals surface area contributed by atoms with Gasteiger partial charge in [-0.3, -0.25) is 4.79 Å². The molecule has 0 spiro atoms. The fourth-order valence-corrected chi connectivity index (χ4v) is 3.98. The first kappa shape index (κ1) is 20.4. The number of benzene rings is 3. The summed E-state index contributed by atoms with van der Waals surface area (Å²) in [6.45, 7) is 0. The summed E-state index contributed by atoms with van der Waals surface area (Å²) in [5, 5.41) is 0.323. The first-order valence-corrected chi connectivity index (χ1v) is 10.4. The molecular formula is C23H14Br2O5. The Hall–Kier alpha value is -2.90. The van der Waals surface area contributed by atoms with Gasteiger partial charge in [-0.1, -0.05) is 24.3 Å². The van der Waals surface area contributed by atoms with Gasteiger partial charge in [-0.15, -0.1) is 0 Å². The molecule has 0 aliphatic rings. The van der Waals surface area contributed by atoms with Crippen LogP contribution in [0.15, 0.2) is 84.9 Å². The third-order valence-corrected chi connectivity index (χ3v) is 5.77. The van der Waals surface area contributed by atoms with Crippen molar-refractivity contribution in [3.05, 3.63) is 91.5 Å². The van der Waals surface area contributed by atoms with Crippen LogP contribution in [0.25, 0.3) is 22.3 Å². The lowest BCUT2D eigenvalue weighted by Gasteiger charge is -2.12. The number of rotatable bonds is 4. The van der Waals surface area contributed by atoms with Gasteiger partial charge < -0.3 is 13.9 Å². The van der Waals surface area contributed by atoms with Gasteiger partial charge in [-0.05, 0) is 74.3 Å². The molecule has 1 aromatic heterocycles. The molecule has 3 aromatic carbocycles. The van der Waals surface area contributed by atoms with Gasteiger partial charge in [0.25, 0.3) is 0 Å². The SMILES string of the molecule is COc1ccc(-c2oc3ccccc3c(=O)c2OC(=O)c2ccccc2Br)cc1Br. The lowest BCUT2D eigenvalue weighted by molar-refractivity contribution is 0.0730. The van der Waals surface area contributed by atoms with Crippen molar-refractivity contribution in [2.24, 2.45) is 0 Å². The van der Waals surface area contributed by atoms with Gasteiger partial charge >= 0.3 is 5.97 Å². The van der Waals surface area contributed by atoms with E-state index in [0.717, 1.165) is 0 Å². The molecule has 0 radical (unpaired) electrons. The van der Waals surface area contributed by atoms with Crippen LogP contribution in [0.3, 0.4) is 0 Å². The Labute approximate surface area is 188 Å². The molecule has 0 saturated carbocycles. The summed E-state index contributed by atoms with van der Waals surface area (Å²) in [7, 11) is 1.56. The highest BCUT2D eigenvalue weighted by Gasteiger charge is 2.22. The smallest absolute Gasteiger partial charge is 0.344 e. The molecule has 0 aliphatic heterocycles. The molecule has 1 heterocycles. The van der Waals surface area contributed by atoms with Crippen molar-refractivity contribution in [2.75, 3.05) is 7.11 Å². The van der Waals surface area contributed by atoms with Gasteiger partial charge in [-0.2, -0.15) is 0 Å². The molecule has 0 N–H and O–H groups in total. The maximum absolute atomic E-state index is 13.2. The highest BCUT2D eigenvalue weighted by Crippen LogP contribution is 2.36. The van der Waals surface area contributed by atoms with E-state index in [2.05, 4.69) is 31.9 Å². The molecule has 7 heteroatoms. The normalized spacial score (nSPS) is 10.8. The van der Waals surface area contributed by atoms with Crippen molar-refractivity contribution in [1.82, 2.24) is 0 Å². The van der Waals surface area contributed by atoms with Gasteiger partial charge in [0.2, 0.25) is 11.2 Å². The Kier molecular flexibility index (Phi) is 5.74. The van der Waals surface area contributed by atoms with Crippen LogP contribution < -0.4 is 14.9 Å². The molecule has 0 saturated heterocycles. The van der Waals surface area contributed by atoms with Crippen molar-refractivity contribution < 1.29 is 18.7 Å². The molecule has 4 aromatic rings. The van der Waals surface area contributed by atoms with Crippen molar-refractivity contribution in [2.45, 2.75) is 0 Å². The van der Waals surface area contributed by atoms with Crippen LogP contribution in [0.5, 0.6) is 11.5 Å². The molecule has 0 fully saturated rings. The van der Waals surface area contributed by atoms with E-state index < -0.39 is 11.4 Å². The zero-order chi connectivity index (χ0) is 21.3. The van der Waals surface area contributed by atoms with Crippen molar-refractivity contribution in [3.63, 3.8) is 0 Å². The highest BCUT2D eigenvalue weighted by molar-refractivity contribution is 9.10. The largest absolute Gasteiger partial charge is 0.496 e. The van der Waals surface area contributed by atoms with Crippen LogP contribution in [-0.2, 0) is 0 Å². The Balaban J connectivity index is 1.91. The van der Waals surface area contributed by atoms with Crippen LogP contribution in [0.1, 0.15) is 10.4 Å². The van der Waals surface area contributed by atoms with Crippen LogP contribution in [0.2, 0.25) is 0 Å². The predicted octanol–water partition coefficient (Wildman–Crippen LogP) is 6.21. The van der Waals surface area contributed by atoms with Crippen LogP contribution >= 0.6 is 31.9 Å². The molecule has 0 bridgehead atoms. The lowest BCUT2D eigenvalue weighted by Crippen LogP contribution is -2.16. The minimum Gasteiger partial charge on any atom is -0.496 e. The number of methoxy groups -OCH3 is 1. The summed E-state index contributed by atoms with van der Waals surface area (Å²) >= 11 is 6.77. The number of halogens is 2. The average Bonchev–Trinajstić information content (AvgIpc) is 2.75. The van der Waals surface area contributed by atoms with E-state index in [1.165, 1.54) is 0 Å². The Morgan fingerprint density at radius 1 is 0.933 bits per heavy atom. The number of ether oxygens (including phenoxy) is 2. The molecule has 0 amide bonds. The van der Waals surface area contributed by atoms with Crippen molar-refractivity contribution in [3.8, 4) is 22.8 Å². The number of esters is 1. The zero-order valence-corrected chi connectivity index (χ0v) is 18.8. The second-order valence-corrected chi connectivity index (χ2v) is 8.01. The lowest BCUT2D eigenvalue weighted by atomic mass is 10.1. The van der Waals surface area contributed by atoms with E-state index in [-0.39, 0.29) is 11.5 Å². The van der Waals surface area contributed by atoms with Crippen LogP contribution in [0, 0.1) is 0 Å². The van der Waals surface area contributed by atoms with Crippen LogP contribution in [0.4, 0.5) is 0 Å². The van der Waals surface area contributed by atoms with Gasteiger partial charge in [0.15, 0.2) is 5.76 Å². The third-order valence-electron chi connectivity index (χ3n) is 4.46. The van der Waals surface area contributed by atoms with E-state index >= 15 is 0 Å². The molecular weight excluding hydrogens is 516 g/mol. The van der Waals surface area contributed by atoms with Crippen molar-refractivity contribution in [1.29, 1.82) is 0 Å². The minimum absolute atomic E-state index is 0.155. The Morgan fingerprint density at radius 3 is 2.40 bits per heavy atom. The quantitative estimate of drug-likeness (QED) is 0.294. The van der Waals surface area contributed by atoms with E-state index in [1.807, 2.05) is 0 Å². The molecule has 0 aliphatic carbocycles. The average molecular weight is 530 g/mol. The molecule has 0 unspecified atom stereocenters. The van der Waals surface area contributed by atoms with Gasteiger partial charge in [-0.25, -0.2) is 4.79 Å². The molecule has 30 heavy (non-hydrogen) atoms. The highest BCUT2D eigenvalue weighted by atomic mass is 79.9. The Morgan fingerprint density at radius 2 is 1.67 bits per heavy atom. The maximum Gasteiger partial charge on any atom is 0.344 e. The van der Waals surface area contributed by atoms with E-state index in [0.29, 0.717) is 36.8 Å². The number of para-hydroxylation sites is 1. The fraction of sp³-hybridized carbons (Fsp3) is 0.0435. The molecule has 150 valence electrons. The predicted molar refractivity (Wildman–Crippen MR) is 121 cm³/mol. The monoisotopic (exact) mass is 528 g/mol. The second-order valence-electron chi connectivity index (χ2n) is 6.30. The third kappa shape index (κ3) is 3.78. The fourth-order valence-electron chi connectivity index (χ4n) is 2.99. The number of hydrogen-bond donors (Lipinski definition) is 0. The number of carbonyl (C=O) groups excluding carboxylic acids is 1. The van der Waals surface area contributed by atoms with Crippen LogP contribution in [-0.4, -0.2) is 13.1 Å². The summed E-state index contributed by atoms with van der Waals surface area (Å²) in [6.07, 6.45) is 0. The number of fused-ring (bicyclic) bond motifs is 1. The summed E-state index contributed by atoms with van der Waals surface area (Å²) in [4.78, 5) is 26.0. The maximum atomic E-state index is 13.2. The van der Waals surface area contributed by atoms with Gasteiger partial charge in [0.1, 0.15) is 11.3 Å². The number of hydrogen-bond acceptors (Lipinski definition) is 5. The first-order chi connectivity index (χ1) is 14.5. The van der Waals surface area contributed by atoms with Gasteiger partial charge in [0.05, 0.1) is 22.5 Å². The number of carbonyl (C=O) groups is 1. The van der Waals surface area contributed by atoms with E-state index in [4.69, 9.17) is 13.9 Å². The summed E-state index contributed by atoms with van der Waals surface area (Å²) in [5.74, 6) is -0.0680. The molecule has 0 atom stereocenters. The van der Waals surface area contributed by atoms with Crippen molar-refractivity contribution >= 4 is 48.8 Å². The first-order valence-electron chi connectivity index (χ1n) is 8.86. The Bertz CT molecular complexity index is 1330. The van der Waals surface area contributed by atoms with Gasteiger partial charge in [0, 0.05) is 10.0 Å². The standard InChI is InChI=1S/C23H14Br2O5/c1-28-19-11-10-13(12-17(19)25)21-22(20(26)15-7-3-5-9-18(15)29-21)30-23(27)14-6-2-4-8-16(14)24/h2-12H,1H3. The summed E-state index contributed by atoms with van der Waals surface area (Å²) in [5.41, 5.74) is 0.816. The summed E-state index contributed by atoms with van der Waals surface area (Å²) in [6, 6.07) is 18.8. The molecule has 5 nitrogen and oxygen atoms in total. The van der Waals surface area contributed by atoms with E-state index in [9.17, 15) is 9.59 Å². The second kappa shape index (κ2) is 8.45. The minimum atomic E-state index is -0.668. The zero-order valence-electron chi connectivity index (χ0n) is 15.6. The molecule has 4 rings (SSSR count). The topological polar surface area (TPSA) is 65.7 Å².